The number of nitrogen functional groups attached to an aromatic ring is 1. The Morgan fingerprint density at radius 1 is 1.40 bits per heavy atom. The summed E-state index contributed by atoms with van der Waals surface area (Å²) in [4.78, 5) is 0. The average Bonchev–Trinajstić information content (AvgIpc) is 2.63. The summed E-state index contributed by atoms with van der Waals surface area (Å²) in [6.45, 7) is 2.92. The maximum atomic E-state index is 5.54. The van der Waals surface area contributed by atoms with E-state index in [1.54, 1.807) is 0 Å². The van der Waals surface area contributed by atoms with Crippen LogP contribution in [0.25, 0.3) is 0 Å². The fraction of sp³-hybridized carbons (Fsp3) is 0.182. The SMILES string of the molecule is Cc1ccccc1CNc1cc(N)ns1. The molecule has 0 radical (unpaired) electrons. The third-order valence-electron chi connectivity index (χ3n) is 2.24. The van der Waals surface area contributed by atoms with E-state index in [0.29, 0.717) is 5.82 Å². The molecule has 0 spiro atoms. The zero-order chi connectivity index (χ0) is 10.7. The highest BCUT2D eigenvalue weighted by Crippen LogP contribution is 2.18. The van der Waals surface area contributed by atoms with Crippen LogP contribution in [-0.4, -0.2) is 4.37 Å². The van der Waals surface area contributed by atoms with E-state index < -0.39 is 0 Å². The van der Waals surface area contributed by atoms with Crippen LogP contribution in [0.4, 0.5) is 10.8 Å². The van der Waals surface area contributed by atoms with E-state index >= 15 is 0 Å². The van der Waals surface area contributed by atoms with Crippen molar-refractivity contribution in [3.63, 3.8) is 0 Å². The van der Waals surface area contributed by atoms with Gasteiger partial charge in [-0.15, -0.1) is 0 Å². The van der Waals surface area contributed by atoms with Gasteiger partial charge in [0.15, 0.2) is 0 Å². The van der Waals surface area contributed by atoms with E-state index in [2.05, 4.69) is 28.7 Å². The molecule has 1 aromatic carbocycles. The van der Waals surface area contributed by atoms with E-state index in [4.69, 9.17) is 5.73 Å². The number of hydrogen-bond donors (Lipinski definition) is 2. The lowest BCUT2D eigenvalue weighted by Gasteiger charge is -2.05. The van der Waals surface area contributed by atoms with E-state index in [0.717, 1.165) is 11.5 Å². The number of nitrogens with one attached hydrogen (secondary N) is 1. The molecule has 0 atom stereocenters. The number of hydrogen-bond acceptors (Lipinski definition) is 4. The first-order valence-corrected chi connectivity index (χ1v) is 5.53. The standard InChI is InChI=1S/C11H13N3S/c1-8-4-2-3-5-9(8)7-13-11-6-10(12)14-15-11/h2-6,13H,7H2,1H3,(H2,12,14). The molecule has 0 fully saturated rings. The van der Waals surface area contributed by atoms with E-state index in [-0.39, 0.29) is 0 Å². The lowest BCUT2D eigenvalue weighted by molar-refractivity contribution is 1.13. The van der Waals surface area contributed by atoms with Gasteiger partial charge in [0.2, 0.25) is 0 Å². The molecule has 1 heterocycles. The Morgan fingerprint density at radius 2 is 2.20 bits per heavy atom. The fourth-order valence-corrected chi connectivity index (χ4v) is 1.93. The highest BCUT2D eigenvalue weighted by molar-refractivity contribution is 7.10. The summed E-state index contributed by atoms with van der Waals surface area (Å²) in [6, 6.07) is 10.2. The predicted molar refractivity (Wildman–Crippen MR) is 65.0 cm³/mol. The summed E-state index contributed by atoms with van der Waals surface area (Å²) >= 11 is 1.39. The van der Waals surface area contributed by atoms with Crippen molar-refractivity contribution in [2.24, 2.45) is 0 Å². The molecule has 2 aromatic rings. The van der Waals surface area contributed by atoms with Crippen LogP contribution < -0.4 is 11.1 Å². The van der Waals surface area contributed by atoms with Crippen LogP contribution >= 0.6 is 11.5 Å². The van der Waals surface area contributed by atoms with Gasteiger partial charge in [-0.1, -0.05) is 24.3 Å². The second kappa shape index (κ2) is 4.31. The summed E-state index contributed by atoms with van der Waals surface area (Å²) in [6.07, 6.45) is 0. The summed E-state index contributed by atoms with van der Waals surface area (Å²) in [5.74, 6) is 0.576. The predicted octanol–water partition coefficient (Wildman–Crippen LogP) is 2.65. The number of nitrogens with zero attached hydrogens (tertiary/aromatic N) is 1. The van der Waals surface area contributed by atoms with Crippen molar-refractivity contribution in [3.8, 4) is 0 Å². The Bertz CT molecular complexity index is 451. The van der Waals surface area contributed by atoms with Gasteiger partial charge in [0.25, 0.3) is 0 Å². The topological polar surface area (TPSA) is 50.9 Å². The molecule has 3 nitrogen and oxygen atoms in total. The number of anilines is 2. The summed E-state index contributed by atoms with van der Waals surface area (Å²) < 4.78 is 4.01. The van der Waals surface area contributed by atoms with Crippen molar-refractivity contribution < 1.29 is 0 Å². The summed E-state index contributed by atoms with van der Waals surface area (Å²) in [7, 11) is 0. The van der Waals surface area contributed by atoms with Gasteiger partial charge in [0.1, 0.15) is 10.8 Å². The molecular weight excluding hydrogens is 206 g/mol. The maximum Gasteiger partial charge on any atom is 0.139 e. The Morgan fingerprint density at radius 3 is 2.87 bits per heavy atom. The van der Waals surface area contributed by atoms with E-state index in [1.165, 1.54) is 22.7 Å². The van der Waals surface area contributed by atoms with Gasteiger partial charge >= 0.3 is 0 Å². The second-order valence-electron chi connectivity index (χ2n) is 3.40. The molecule has 0 amide bonds. The van der Waals surface area contributed by atoms with Gasteiger partial charge in [-0.3, -0.25) is 0 Å². The minimum Gasteiger partial charge on any atom is -0.383 e. The van der Waals surface area contributed by atoms with Crippen molar-refractivity contribution in [1.82, 2.24) is 4.37 Å². The fourth-order valence-electron chi connectivity index (χ4n) is 1.36. The second-order valence-corrected chi connectivity index (χ2v) is 4.20. The highest BCUT2D eigenvalue weighted by atomic mass is 32.1. The van der Waals surface area contributed by atoms with Crippen LogP contribution in [0.2, 0.25) is 0 Å². The molecule has 0 aliphatic carbocycles. The van der Waals surface area contributed by atoms with Crippen molar-refractivity contribution in [3.05, 3.63) is 41.5 Å². The molecular formula is C11H13N3S. The Labute approximate surface area is 93.1 Å². The number of benzene rings is 1. The normalized spacial score (nSPS) is 10.2. The maximum absolute atomic E-state index is 5.54. The first kappa shape index (κ1) is 9.98. The molecule has 1 aromatic heterocycles. The van der Waals surface area contributed by atoms with Gasteiger partial charge in [-0.25, -0.2) is 0 Å². The minimum absolute atomic E-state index is 0.576. The van der Waals surface area contributed by atoms with Crippen LogP contribution in [0.5, 0.6) is 0 Å². The first-order valence-electron chi connectivity index (χ1n) is 4.76. The van der Waals surface area contributed by atoms with Gasteiger partial charge < -0.3 is 11.1 Å². The van der Waals surface area contributed by atoms with Crippen LogP contribution in [0.1, 0.15) is 11.1 Å². The molecule has 78 valence electrons. The summed E-state index contributed by atoms with van der Waals surface area (Å²) in [5, 5.41) is 4.31. The molecule has 15 heavy (non-hydrogen) atoms. The monoisotopic (exact) mass is 219 g/mol. The van der Waals surface area contributed by atoms with Crippen molar-refractivity contribution in [1.29, 1.82) is 0 Å². The molecule has 3 N–H and O–H groups in total. The molecule has 0 aliphatic rings. The van der Waals surface area contributed by atoms with Crippen LogP contribution in [0.3, 0.4) is 0 Å². The number of aryl methyl sites for hydroxylation is 1. The van der Waals surface area contributed by atoms with Crippen LogP contribution in [0.15, 0.2) is 30.3 Å². The van der Waals surface area contributed by atoms with E-state index in [9.17, 15) is 0 Å². The largest absolute Gasteiger partial charge is 0.383 e. The molecule has 4 heteroatoms. The first-order chi connectivity index (χ1) is 7.25. The molecule has 0 saturated carbocycles. The van der Waals surface area contributed by atoms with Crippen molar-refractivity contribution in [2.75, 3.05) is 11.1 Å². The smallest absolute Gasteiger partial charge is 0.139 e. The average molecular weight is 219 g/mol. The van der Waals surface area contributed by atoms with E-state index in [1.807, 2.05) is 18.2 Å². The van der Waals surface area contributed by atoms with Crippen LogP contribution in [-0.2, 0) is 6.54 Å². The zero-order valence-electron chi connectivity index (χ0n) is 8.53. The Balaban J connectivity index is 2.02. The third-order valence-corrected chi connectivity index (χ3v) is 3.00. The number of nitrogens with two attached hydrogens (primary N) is 1. The lowest BCUT2D eigenvalue weighted by atomic mass is 10.1. The van der Waals surface area contributed by atoms with Gasteiger partial charge in [0.05, 0.1) is 0 Å². The Kier molecular flexibility index (Phi) is 2.87. The molecule has 2 rings (SSSR count). The van der Waals surface area contributed by atoms with Crippen molar-refractivity contribution >= 4 is 22.4 Å². The number of aromatic nitrogens is 1. The minimum atomic E-state index is 0.576. The quantitative estimate of drug-likeness (QED) is 0.834. The molecule has 0 unspecified atom stereocenters. The van der Waals surface area contributed by atoms with Crippen molar-refractivity contribution in [2.45, 2.75) is 13.5 Å². The van der Waals surface area contributed by atoms with Gasteiger partial charge in [-0.05, 0) is 29.6 Å². The highest BCUT2D eigenvalue weighted by Gasteiger charge is 1.99. The van der Waals surface area contributed by atoms with Crippen LogP contribution in [0, 0.1) is 6.92 Å². The lowest BCUT2D eigenvalue weighted by Crippen LogP contribution is -1.99. The Hall–Kier alpha value is -1.55. The molecule has 0 aliphatic heterocycles. The summed E-state index contributed by atoms with van der Waals surface area (Å²) in [5.41, 5.74) is 8.13. The van der Waals surface area contributed by atoms with Gasteiger partial charge in [-0.2, -0.15) is 4.37 Å². The molecule has 0 saturated heterocycles. The molecule has 0 bridgehead atoms. The van der Waals surface area contributed by atoms with Gasteiger partial charge in [0, 0.05) is 12.6 Å². The third kappa shape index (κ3) is 2.47. The zero-order valence-corrected chi connectivity index (χ0v) is 9.34. The number of rotatable bonds is 3.